The van der Waals surface area contributed by atoms with Crippen LogP contribution in [0.3, 0.4) is 0 Å². The molecule has 108 valence electrons. The molecular weight excluding hydrogens is 284 g/mol. The van der Waals surface area contributed by atoms with Gasteiger partial charge in [0.25, 0.3) is 0 Å². The van der Waals surface area contributed by atoms with E-state index in [-0.39, 0.29) is 17.1 Å². The molecule has 0 saturated heterocycles. The van der Waals surface area contributed by atoms with Gasteiger partial charge in [-0.05, 0) is 24.1 Å². The van der Waals surface area contributed by atoms with Gasteiger partial charge < -0.3 is 5.11 Å². The molecule has 21 heavy (non-hydrogen) atoms. The van der Waals surface area contributed by atoms with Gasteiger partial charge in [-0.3, -0.25) is 4.79 Å². The Balaban J connectivity index is 2.05. The summed E-state index contributed by atoms with van der Waals surface area (Å²) in [4.78, 5) is 23.9. The van der Waals surface area contributed by atoms with Crippen LogP contribution in [0, 0.1) is 0 Å². The van der Waals surface area contributed by atoms with Crippen molar-refractivity contribution in [3.05, 3.63) is 65.2 Å². The highest BCUT2D eigenvalue weighted by molar-refractivity contribution is 8.00. The Morgan fingerprint density at radius 1 is 1.05 bits per heavy atom. The van der Waals surface area contributed by atoms with Gasteiger partial charge in [0.15, 0.2) is 5.78 Å². The number of benzene rings is 2. The molecule has 4 heteroatoms. The van der Waals surface area contributed by atoms with Gasteiger partial charge >= 0.3 is 5.97 Å². The maximum absolute atomic E-state index is 12.1. The number of hydrogen-bond acceptors (Lipinski definition) is 3. The highest BCUT2D eigenvalue weighted by atomic mass is 32.2. The first-order valence-electron chi connectivity index (χ1n) is 6.69. The molecule has 2 rings (SSSR count). The Labute approximate surface area is 128 Å². The predicted octanol–water partition coefficient (Wildman–Crippen LogP) is 3.92. The molecule has 0 aliphatic rings. The smallest absolute Gasteiger partial charge is 0.336 e. The monoisotopic (exact) mass is 300 g/mol. The zero-order valence-corrected chi connectivity index (χ0v) is 12.5. The van der Waals surface area contributed by atoms with Crippen molar-refractivity contribution in [2.24, 2.45) is 0 Å². The number of carbonyl (C=O) groups excluding carboxylic acids is 1. The normalized spacial score (nSPS) is 10.3. The number of aryl methyl sites for hydroxylation is 1. The first-order valence-corrected chi connectivity index (χ1v) is 7.67. The summed E-state index contributed by atoms with van der Waals surface area (Å²) in [5.41, 5.74) is 2.08. The summed E-state index contributed by atoms with van der Waals surface area (Å²) in [6.07, 6.45) is 0.940. The molecule has 0 unspecified atom stereocenters. The van der Waals surface area contributed by atoms with Crippen molar-refractivity contribution < 1.29 is 14.7 Å². The van der Waals surface area contributed by atoms with Gasteiger partial charge in [-0.15, -0.1) is 11.8 Å². The summed E-state index contributed by atoms with van der Waals surface area (Å²) in [5, 5.41) is 9.11. The SMILES string of the molecule is CCc1ccc(C(=O)CSc2ccccc2C(=O)O)cc1. The van der Waals surface area contributed by atoms with Gasteiger partial charge in [0.05, 0.1) is 11.3 Å². The zero-order chi connectivity index (χ0) is 15.2. The van der Waals surface area contributed by atoms with E-state index in [0.717, 1.165) is 6.42 Å². The molecule has 0 bridgehead atoms. The molecule has 1 N–H and O–H groups in total. The van der Waals surface area contributed by atoms with Crippen LogP contribution in [0.1, 0.15) is 33.2 Å². The average Bonchev–Trinajstić information content (AvgIpc) is 2.52. The highest BCUT2D eigenvalue weighted by Gasteiger charge is 2.12. The fourth-order valence-electron chi connectivity index (χ4n) is 1.92. The van der Waals surface area contributed by atoms with Crippen LogP contribution < -0.4 is 0 Å². The van der Waals surface area contributed by atoms with Gasteiger partial charge in [0, 0.05) is 10.5 Å². The highest BCUT2D eigenvalue weighted by Crippen LogP contribution is 2.23. The van der Waals surface area contributed by atoms with Crippen LogP contribution in [0.5, 0.6) is 0 Å². The van der Waals surface area contributed by atoms with Crippen LogP contribution in [0.2, 0.25) is 0 Å². The predicted molar refractivity (Wildman–Crippen MR) is 84.3 cm³/mol. The van der Waals surface area contributed by atoms with E-state index in [2.05, 4.69) is 6.92 Å². The number of carboxylic acids is 1. The number of carboxylic acid groups (broad SMARTS) is 1. The number of rotatable bonds is 6. The van der Waals surface area contributed by atoms with Crippen molar-refractivity contribution in [3.63, 3.8) is 0 Å². The van der Waals surface area contributed by atoms with E-state index in [1.165, 1.54) is 17.3 Å². The van der Waals surface area contributed by atoms with Crippen LogP contribution >= 0.6 is 11.8 Å². The molecule has 0 aromatic heterocycles. The lowest BCUT2D eigenvalue weighted by Gasteiger charge is -2.05. The second-order valence-corrected chi connectivity index (χ2v) is 5.58. The van der Waals surface area contributed by atoms with Gasteiger partial charge in [-0.25, -0.2) is 4.79 Å². The van der Waals surface area contributed by atoms with Crippen molar-refractivity contribution in [1.82, 2.24) is 0 Å². The lowest BCUT2D eigenvalue weighted by atomic mass is 10.1. The number of thioether (sulfide) groups is 1. The average molecular weight is 300 g/mol. The van der Waals surface area contributed by atoms with Crippen LogP contribution in [-0.2, 0) is 6.42 Å². The Kier molecular flexibility index (Phi) is 5.17. The van der Waals surface area contributed by atoms with Crippen molar-refractivity contribution in [3.8, 4) is 0 Å². The van der Waals surface area contributed by atoms with Gasteiger partial charge in [0.2, 0.25) is 0 Å². The maximum atomic E-state index is 12.1. The fourth-order valence-corrected chi connectivity index (χ4v) is 2.86. The van der Waals surface area contributed by atoms with E-state index >= 15 is 0 Å². The Morgan fingerprint density at radius 3 is 2.33 bits per heavy atom. The standard InChI is InChI=1S/C17H16O3S/c1-2-12-7-9-13(10-8-12)15(18)11-21-16-6-4-3-5-14(16)17(19)20/h3-10H,2,11H2,1H3,(H,19,20). The van der Waals surface area contributed by atoms with Crippen molar-refractivity contribution in [2.45, 2.75) is 18.2 Å². The van der Waals surface area contributed by atoms with Gasteiger partial charge in [0.1, 0.15) is 0 Å². The van der Waals surface area contributed by atoms with Crippen LogP contribution in [-0.4, -0.2) is 22.6 Å². The minimum absolute atomic E-state index is 0.00263. The van der Waals surface area contributed by atoms with Crippen molar-refractivity contribution >= 4 is 23.5 Å². The minimum Gasteiger partial charge on any atom is -0.478 e. The van der Waals surface area contributed by atoms with E-state index in [9.17, 15) is 9.59 Å². The summed E-state index contributed by atoms with van der Waals surface area (Å²) in [6.45, 7) is 2.06. The molecule has 0 aliphatic carbocycles. The van der Waals surface area contributed by atoms with Gasteiger partial charge in [-0.2, -0.15) is 0 Å². The molecule has 2 aromatic carbocycles. The van der Waals surface area contributed by atoms with Gasteiger partial charge in [-0.1, -0.05) is 43.3 Å². The van der Waals surface area contributed by atoms with Crippen molar-refractivity contribution in [2.75, 3.05) is 5.75 Å². The van der Waals surface area contributed by atoms with Crippen LogP contribution in [0.25, 0.3) is 0 Å². The number of ketones is 1. The van der Waals surface area contributed by atoms with Crippen molar-refractivity contribution in [1.29, 1.82) is 0 Å². The minimum atomic E-state index is -0.974. The van der Waals surface area contributed by atoms with Crippen LogP contribution in [0.15, 0.2) is 53.4 Å². The number of aromatic carboxylic acids is 1. The topological polar surface area (TPSA) is 54.4 Å². The largest absolute Gasteiger partial charge is 0.478 e. The lowest BCUT2D eigenvalue weighted by molar-refractivity contribution is 0.0692. The van der Waals surface area contributed by atoms with Crippen LogP contribution in [0.4, 0.5) is 0 Å². The molecular formula is C17H16O3S. The number of hydrogen-bond donors (Lipinski definition) is 1. The quantitative estimate of drug-likeness (QED) is 0.649. The van der Waals surface area contributed by atoms with E-state index in [1.807, 2.05) is 24.3 Å². The molecule has 3 nitrogen and oxygen atoms in total. The molecule has 0 spiro atoms. The summed E-state index contributed by atoms with van der Waals surface area (Å²) < 4.78 is 0. The summed E-state index contributed by atoms with van der Waals surface area (Å²) in [5.74, 6) is -0.740. The Hall–Kier alpha value is -2.07. The molecule has 0 saturated carbocycles. The lowest BCUT2D eigenvalue weighted by Crippen LogP contribution is -2.04. The number of carbonyl (C=O) groups is 2. The summed E-state index contributed by atoms with van der Waals surface area (Å²) >= 11 is 1.26. The third-order valence-electron chi connectivity index (χ3n) is 3.16. The molecule has 0 amide bonds. The van der Waals surface area contributed by atoms with E-state index in [1.54, 1.807) is 24.3 Å². The second-order valence-electron chi connectivity index (χ2n) is 4.56. The van der Waals surface area contributed by atoms with E-state index in [4.69, 9.17) is 5.11 Å². The van der Waals surface area contributed by atoms with E-state index < -0.39 is 5.97 Å². The summed E-state index contributed by atoms with van der Waals surface area (Å²) in [7, 11) is 0. The maximum Gasteiger partial charge on any atom is 0.336 e. The summed E-state index contributed by atoms with van der Waals surface area (Å²) in [6, 6.07) is 14.3. The fraction of sp³-hybridized carbons (Fsp3) is 0.176. The van der Waals surface area contributed by atoms with E-state index in [0.29, 0.717) is 10.5 Å². The molecule has 0 radical (unpaired) electrons. The zero-order valence-electron chi connectivity index (χ0n) is 11.7. The second kappa shape index (κ2) is 7.09. The molecule has 2 aromatic rings. The Morgan fingerprint density at radius 2 is 1.71 bits per heavy atom. The first kappa shape index (κ1) is 15.3. The first-order chi connectivity index (χ1) is 10.1. The molecule has 0 aliphatic heterocycles. The molecule has 0 fully saturated rings. The third kappa shape index (κ3) is 3.95. The third-order valence-corrected chi connectivity index (χ3v) is 4.23. The molecule has 0 heterocycles. The molecule has 0 atom stereocenters. The number of Topliss-reactive ketones (excluding diaryl/α,β-unsaturated/α-hetero) is 1. The Bertz CT molecular complexity index is 647.